The molecule has 0 saturated heterocycles. The molecule has 1 unspecified atom stereocenters. The maximum Gasteiger partial charge on any atom is 0.348 e. The van der Waals surface area contributed by atoms with Gasteiger partial charge in [0, 0.05) is 18.0 Å². The second kappa shape index (κ2) is 6.08. The summed E-state index contributed by atoms with van der Waals surface area (Å²) in [5, 5.41) is 12.6. The molecular weight excluding hydrogens is 296 g/mol. The lowest BCUT2D eigenvalue weighted by Gasteiger charge is -2.08. The van der Waals surface area contributed by atoms with Gasteiger partial charge in [-0.15, -0.1) is 0 Å². The molecule has 0 spiro atoms. The molecule has 2 N–H and O–H groups in total. The lowest BCUT2D eigenvalue weighted by Crippen LogP contribution is -2.25. The molecule has 6 nitrogen and oxygen atoms in total. The zero-order valence-corrected chi connectivity index (χ0v) is 12.6. The Hall–Kier alpha value is -2.89. The average Bonchev–Trinajstić information content (AvgIpc) is 2.65. The van der Waals surface area contributed by atoms with Crippen LogP contribution in [0.25, 0.3) is 0 Å². The third-order valence-corrected chi connectivity index (χ3v) is 3.74. The molecule has 2 heterocycles. The van der Waals surface area contributed by atoms with Crippen molar-refractivity contribution in [3.63, 3.8) is 0 Å². The van der Waals surface area contributed by atoms with E-state index in [1.807, 2.05) is 24.3 Å². The summed E-state index contributed by atoms with van der Waals surface area (Å²) >= 11 is 0. The fourth-order valence-electron chi connectivity index (χ4n) is 2.53. The van der Waals surface area contributed by atoms with Crippen molar-refractivity contribution in [1.82, 2.24) is 0 Å². The average molecular weight is 312 g/mol. The van der Waals surface area contributed by atoms with Gasteiger partial charge in [0.15, 0.2) is 0 Å². The van der Waals surface area contributed by atoms with E-state index in [9.17, 15) is 14.7 Å². The van der Waals surface area contributed by atoms with Crippen LogP contribution in [0.3, 0.4) is 0 Å². The van der Waals surface area contributed by atoms with Gasteiger partial charge in [0.05, 0.1) is 0 Å². The van der Waals surface area contributed by atoms with Crippen molar-refractivity contribution in [3.05, 3.63) is 57.6 Å². The number of nitrogens with one attached hydrogen (secondary N) is 1. The van der Waals surface area contributed by atoms with Crippen molar-refractivity contribution in [2.75, 3.05) is 5.32 Å². The number of fused-ring (bicyclic) bond motifs is 1. The molecule has 23 heavy (non-hydrogen) atoms. The van der Waals surface area contributed by atoms with Crippen LogP contribution in [0.4, 0.5) is 5.69 Å². The molecule has 6 heteroatoms. The van der Waals surface area contributed by atoms with Gasteiger partial charge in [-0.1, -0.05) is 18.2 Å². The van der Waals surface area contributed by atoms with E-state index in [-0.39, 0.29) is 17.2 Å². The largest absolute Gasteiger partial charge is 0.507 e. The summed E-state index contributed by atoms with van der Waals surface area (Å²) in [6, 6.07) is 8.30. The Morgan fingerprint density at radius 2 is 2.13 bits per heavy atom. The zero-order chi connectivity index (χ0) is 16.4. The monoisotopic (exact) mass is 312 g/mol. The number of carbonyl (C=O) groups is 1. The Kier molecular flexibility index (Phi) is 3.97. The molecule has 2 aromatic rings. The highest BCUT2D eigenvalue weighted by atomic mass is 16.4. The first-order valence-electron chi connectivity index (χ1n) is 7.30. The number of aliphatic imine (C=N–C) groups is 1. The number of anilines is 1. The molecule has 0 aliphatic carbocycles. The number of hydrogen-bond acceptors (Lipinski definition) is 5. The zero-order valence-electron chi connectivity index (χ0n) is 12.6. The Morgan fingerprint density at radius 3 is 2.91 bits per heavy atom. The highest BCUT2D eigenvalue weighted by Gasteiger charge is 2.22. The van der Waals surface area contributed by atoms with E-state index in [1.165, 1.54) is 12.3 Å². The summed E-state index contributed by atoms with van der Waals surface area (Å²) in [6.45, 7) is 1.57. The minimum Gasteiger partial charge on any atom is -0.507 e. The van der Waals surface area contributed by atoms with E-state index in [0.717, 1.165) is 11.3 Å². The predicted molar refractivity (Wildman–Crippen MR) is 86.2 cm³/mol. The molecule has 118 valence electrons. The van der Waals surface area contributed by atoms with Gasteiger partial charge in [0.1, 0.15) is 23.1 Å². The summed E-state index contributed by atoms with van der Waals surface area (Å²) in [7, 11) is 0. The quantitative estimate of drug-likeness (QED) is 0.830. The Bertz CT molecular complexity index is 839. The van der Waals surface area contributed by atoms with Crippen molar-refractivity contribution >= 4 is 17.8 Å². The Balaban J connectivity index is 1.84. The number of aryl methyl sites for hydroxylation is 2. The van der Waals surface area contributed by atoms with E-state index in [4.69, 9.17) is 4.42 Å². The SMILES string of the molecule is Cc1cc(O)c(C=NC2CCc3ccccc3NC2=O)c(=O)o1. The smallest absolute Gasteiger partial charge is 0.348 e. The molecule has 1 atom stereocenters. The van der Waals surface area contributed by atoms with Gasteiger partial charge in [-0.2, -0.15) is 0 Å². The molecule has 0 radical (unpaired) electrons. The lowest BCUT2D eigenvalue weighted by atomic mass is 10.1. The van der Waals surface area contributed by atoms with Gasteiger partial charge >= 0.3 is 5.63 Å². The number of aromatic hydroxyl groups is 1. The summed E-state index contributed by atoms with van der Waals surface area (Å²) in [5.74, 6) is -0.130. The predicted octanol–water partition coefficient (Wildman–Crippen LogP) is 2.03. The number of hydrogen-bond donors (Lipinski definition) is 2. The summed E-state index contributed by atoms with van der Waals surface area (Å²) < 4.78 is 4.92. The van der Waals surface area contributed by atoms with Gasteiger partial charge in [-0.05, 0) is 31.4 Å². The van der Waals surface area contributed by atoms with E-state index in [0.29, 0.717) is 18.6 Å². The highest BCUT2D eigenvalue weighted by molar-refractivity contribution is 5.97. The molecule has 1 aromatic heterocycles. The number of benzene rings is 1. The van der Waals surface area contributed by atoms with Crippen LogP contribution in [-0.4, -0.2) is 23.3 Å². The fourth-order valence-corrected chi connectivity index (χ4v) is 2.53. The molecule has 1 aliphatic rings. The van der Waals surface area contributed by atoms with Gasteiger partial charge < -0.3 is 14.8 Å². The van der Waals surface area contributed by atoms with Crippen LogP contribution < -0.4 is 10.9 Å². The van der Waals surface area contributed by atoms with E-state index < -0.39 is 11.7 Å². The second-order valence-corrected chi connectivity index (χ2v) is 5.42. The summed E-state index contributed by atoms with van der Waals surface area (Å²) in [4.78, 5) is 28.1. The number of carbonyl (C=O) groups excluding carboxylic acids is 1. The normalized spacial score (nSPS) is 17.6. The number of para-hydroxylation sites is 1. The molecule has 1 amide bonds. The van der Waals surface area contributed by atoms with Crippen LogP contribution >= 0.6 is 0 Å². The van der Waals surface area contributed by atoms with Crippen LogP contribution in [0.2, 0.25) is 0 Å². The third kappa shape index (κ3) is 3.15. The Morgan fingerprint density at radius 1 is 1.35 bits per heavy atom. The molecule has 3 rings (SSSR count). The van der Waals surface area contributed by atoms with Crippen molar-refractivity contribution in [2.45, 2.75) is 25.8 Å². The van der Waals surface area contributed by atoms with Crippen molar-refractivity contribution in [1.29, 1.82) is 0 Å². The topological polar surface area (TPSA) is 91.9 Å². The van der Waals surface area contributed by atoms with Crippen LogP contribution in [0.1, 0.15) is 23.3 Å². The number of amides is 1. The first-order valence-corrected chi connectivity index (χ1v) is 7.30. The van der Waals surface area contributed by atoms with Gasteiger partial charge in [0.25, 0.3) is 0 Å². The molecule has 1 aliphatic heterocycles. The first kappa shape index (κ1) is 15.0. The molecule has 0 fully saturated rings. The lowest BCUT2D eigenvalue weighted by molar-refractivity contribution is -0.117. The molecule has 1 aromatic carbocycles. The standard InChI is InChI=1S/C17H16N2O4/c1-10-8-15(20)12(17(22)23-10)9-18-14-7-6-11-4-2-3-5-13(11)19-16(14)21/h2-5,8-9,14,20H,6-7H2,1H3,(H,19,21). The fraction of sp³-hybridized carbons (Fsp3) is 0.235. The second-order valence-electron chi connectivity index (χ2n) is 5.42. The minimum absolute atomic E-state index is 0.0508. The molecule has 0 bridgehead atoms. The first-order chi connectivity index (χ1) is 11.0. The van der Waals surface area contributed by atoms with Crippen molar-refractivity contribution in [2.24, 2.45) is 4.99 Å². The van der Waals surface area contributed by atoms with Gasteiger partial charge in [0.2, 0.25) is 5.91 Å². The van der Waals surface area contributed by atoms with Crippen LogP contribution in [0.5, 0.6) is 5.75 Å². The summed E-state index contributed by atoms with van der Waals surface area (Å²) in [5.41, 5.74) is 1.11. The van der Waals surface area contributed by atoms with Crippen LogP contribution in [-0.2, 0) is 11.2 Å². The maximum atomic E-state index is 12.2. The van der Waals surface area contributed by atoms with E-state index in [1.54, 1.807) is 6.92 Å². The molecule has 0 saturated carbocycles. The van der Waals surface area contributed by atoms with Crippen LogP contribution in [0, 0.1) is 6.92 Å². The maximum absolute atomic E-state index is 12.2. The Labute approximate surface area is 132 Å². The van der Waals surface area contributed by atoms with Crippen LogP contribution in [0.15, 0.2) is 44.5 Å². The number of nitrogens with zero attached hydrogens (tertiary/aromatic N) is 1. The highest BCUT2D eigenvalue weighted by Crippen LogP contribution is 2.23. The van der Waals surface area contributed by atoms with Gasteiger partial charge in [-0.3, -0.25) is 9.79 Å². The van der Waals surface area contributed by atoms with Crippen molar-refractivity contribution in [3.8, 4) is 5.75 Å². The minimum atomic E-state index is -0.677. The third-order valence-electron chi connectivity index (χ3n) is 3.74. The van der Waals surface area contributed by atoms with E-state index >= 15 is 0 Å². The summed E-state index contributed by atoms with van der Waals surface area (Å²) in [6.07, 6.45) is 2.43. The number of rotatable bonds is 2. The van der Waals surface area contributed by atoms with E-state index in [2.05, 4.69) is 10.3 Å². The van der Waals surface area contributed by atoms with Crippen molar-refractivity contribution < 1.29 is 14.3 Å². The van der Waals surface area contributed by atoms with Gasteiger partial charge in [-0.25, -0.2) is 4.79 Å². The molecular formula is C17H16N2O4.